The van der Waals surface area contributed by atoms with Gasteiger partial charge in [0.05, 0.1) is 12.0 Å². The Morgan fingerprint density at radius 2 is 2.26 bits per heavy atom. The highest BCUT2D eigenvalue weighted by molar-refractivity contribution is 7.15. The Morgan fingerprint density at radius 3 is 2.89 bits per heavy atom. The molecule has 0 amide bonds. The van der Waals surface area contributed by atoms with Gasteiger partial charge in [0.25, 0.3) is 0 Å². The molecule has 2 aromatic heterocycles. The minimum absolute atomic E-state index is 0.734. The van der Waals surface area contributed by atoms with E-state index in [0.29, 0.717) is 0 Å². The van der Waals surface area contributed by atoms with E-state index in [1.165, 1.54) is 4.88 Å². The van der Waals surface area contributed by atoms with Crippen molar-refractivity contribution in [3.63, 3.8) is 0 Å². The molecular weight excluding hydrogens is 278 g/mol. The molecular formula is C13H19N3OS2. The third kappa shape index (κ3) is 3.92. The van der Waals surface area contributed by atoms with Crippen LogP contribution in [-0.4, -0.2) is 32.7 Å². The first kappa shape index (κ1) is 14.3. The van der Waals surface area contributed by atoms with Crippen molar-refractivity contribution in [3.8, 4) is 5.88 Å². The molecule has 0 aliphatic rings. The summed E-state index contributed by atoms with van der Waals surface area (Å²) < 4.78 is 5.31. The molecule has 0 aromatic carbocycles. The second kappa shape index (κ2) is 6.88. The van der Waals surface area contributed by atoms with Gasteiger partial charge in [0.1, 0.15) is 0 Å². The summed E-state index contributed by atoms with van der Waals surface area (Å²) in [7, 11) is 5.65. The highest BCUT2D eigenvalue weighted by Crippen LogP contribution is 2.30. The van der Waals surface area contributed by atoms with Gasteiger partial charge in [-0.15, -0.1) is 11.3 Å². The van der Waals surface area contributed by atoms with Gasteiger partial charge in [-0.25, -0.2) is 0 Å². The molecule has 0 aliphatic heterocycles. The van der Waals surface area contributed by atoms with Crippen molar-refractivity contribution in [2.45, 2.75) is 13.0 Å². The smallest absolute Gasteiger partial charge is 0.230 e. The lowest BCUT2D eigenvalue weighted by atomic mass is 10.3. The Bertz CT molecular complexity index is 494. The van der Waals surface area contributed by atoms with Gasteiger partial charge in [-0.3, -0.25) is 0 Å². The van der Waals surface area contributed by atoms with Crippen molar-refractivity contribution >= 4 is 27.8 Å². The van der Waals surface area contributed by atoms with Crippen molar-refractivity contribution in [2.75, 3.05) is 32.6 Å². The summed E-state index contributed by atoms with van der Waals surface area (Å²) >= 11 is 3.47. The number of thiophene rings is 1. The summed E-state index contributed by atoms with van der Waals surface area (Å²) in [6, 6.07) is 4.26. The van der Waals surface area contributed by atoms with Crippen LogP contribution in [0, 0.1) is 0 Å². The Hall–Kier alpha value is -1.11. The molecule has 0 bridgehead atoms. The number of nitrogens with zero attached hydrogens (tertiary/aromatic N) is 2. The van der Waals surface area contributed by atoms with Crippen molar-refractivity contribution in [3.05, 3.63) is 27.3 Å². The van der Waals surface area contributed by atoms with Crippen LogP contribution in [0.15, 0.2) is 17.5 Å². The van der Waals surface area contributed by atoms with E-state index < -0.39 is 0 Å². The first-order valence-electron chi connectivity index (χ1n) is 6.15. The molecule has 104 valence electrons. The molecule has 0 atom stereocenters. The molecule has 0 spiro atoms. The van der Waals surface area contributed by atoms with Gasteiger partial charge >= 0.3 is 0 Å². The fourth-order valence-corrected chi connectivity index (χ4v) is 3.29. The number of anilines is 1. The Kier molecular flexibility index (Phi) is 5.18. The van der Waals surface area contributed by atoms with Gasteiger partial charge in [0.2, 0.25) is 5.88 Å². The van der Waals surface area contributed by atoms with Gasteiger partial charge in [-0.05, 0) is 17.9 Å². The second-order valence-electron chi connectivity index (χ2n) is 4.33. The van der Waals surface area contributed by atoms with E-state index in [4.69, 9.17) is 4.74 Å². The van der Waals surface area contributed by atoms with E-state index in [1.54, 1.807) is 29.8 Å². The first-order valence-corrected chi connectivity index (χ1v) is 7.84. The maximum absolute atomic E-state index is 5.31. The van der Waals surface area contributed by atoms with Crippen molar-refractivity contribution < 1.29 is 4.74 Å². The average Bonchev–Trinajstić information content (AvgIpc) is 3.03. The molecule has 1 N–H and O–H groups in total. The SMILES string of the molecule is COc1nc(N(C)C)sc1CNCCc1cccs1. The van der Waals surface area contributed by atoms with Gasteiger partial charge in [-0.1, -0.05) is 17.4 Å². The zero-order chi connectivity index (χ0) is 13.7. The molecule has 6 heteroatoms. The highest BCUT2D eigenvalue weighted by Gasteiger charge is 2.12. The van der Waals surface area contributed by atoms with E-state index in [-0.39, 0.29) is 0 Å². The molecule has 0 radical (unpaired) electrons. The Balaban J connectivity index is 1.84. The molecule has 0 aliphatic carbocycles. The van der Waals surface area contributed by atoms with Crippen molar-refractivity contribution in [1.82, 2.24) is 10.3 Å². The maximum Gasteiger partial charge on any atom is 0.230 e. The first-order chi connectivity index (χ1) is 9.20. The Morgan fingerprint density at radius 1 is 1.42 bits per heavy atom. The molecule has 2 rings (SSSR count). The van der Waals surface area contributed by atoms with Crippen LogP contribution in [0.25, 0.3) is 0 Å². The maximum atomic E-state index is 5.31. The lowest BCUT2D eigenvalue weighted by molar-refractivity contribution is 0.395. The van der Waals surface area contributed by atoms with E-state index in [0.717, 1.165) is 35.4 Å². The van der Waals surface area contributed by atoms with Crippen LogP contribution in [0.3, 0.4) is 0 Å². The van der Waals surface area contributed by atoms with Crippen molar-refractivity contribution in [1.29, 1.82) is 0 Å². The number of thiazole rings is 1. The molecule has 0 unspecified atom stereocenters. The molecule has 0 saturated carbocycles. The zero-order valence-corrected chi connectivity index (χ0v) is 13.1. The lowest BCUT2D eigenvalue weighted by Gasteiger charge is -2.05. The Labute approximate surface area is 122 Å². The van der Waals surface area contributed by atoms with Crippen LogP contribution in [-0.2, 0) is 13.0 Å². The fourth-order valence-electron chi connectivity index (χ4n) is 1.66. The largest absolute Gasteiger partial charge is 0.480 e. The number of hydrogen-bond donors (Lipinski definition) is 1. The van der Waals surface area contributed by atoms with E-state index in [9.17, 15) is 0 Å². The van der Waals surface area contributed by atoms with Crippen LogP contribution in [0.4, 0.5) is 5.13 Å². The summed E-state index contributed by atoms with van der Waals surface area (Å²) in [5, 5.41) is 6.54. The van der Waals surface area contributed by atoms with Gasteiger partial charge in [0, 0.05) is 32.1 Å². The number of aromatic nitrogens is 1. The minimum atomic E-state index is 0.734. The number of hydrogen-bond acceptors (Lipinski definition) is 6. The molecule has 2 heterocycles. The standard InChI is InChI=1S/C13H19N3OS2/c1-16(2)13-15-12(17-3)11(19-13)9-14-7-6-10-5-4-8-18-10/h4-5,8,14H,6-7,9H2,1-3H3. The molecule has 0 fully saturated rings. The van der Waals surface area contributed by atoms with Crippen LogP contribution in [0.5, 0.6) is 5.88 Å². The number of ether oxygens (including phenoxy) is 1. The third-order valence-electron chi connectivity index (χ3n) is 2.64. The predicted octanol–water partition coefficient (Wildman–Crippen LogP) is 2.61. The summed E-state index contributed by atoms with van der Waals surface area (Å²) in [5.74, 6) is 0.734. The third-order valence-corrected chi connectivity index (χ3v) is 4.78. The predicted molar refractivity (Wildman–Crippen MR) is 82.7 cm³/mol. The molecule has 19 heavy (non-hydrogen) atoms. The molecule has 2 aromatic rings. The van der Waals surface area contributed by atoms with Gasteiger partial charge in [-0.2, -0.15) is 4.98 Å². The molecule has 4 nitrogen and oxygen atoms in total. The van der Waals surface area contributed by atoms with Crippen LogP contribution in [0.2, 0.25) is 0 Å². The molecule has 0 saturated heterocycles. The fraction of sp³-hybridized carbons (Fsp3) is 0.462. The number of nitrogens with one attached hydrogen (secondary N) is 1. The van der Waals surface area contributed by atoms with E-state index in [1.807, 2.05) is 19.0 Å². The van der Waals surface area contributed by atoms with E-state index >= 15 is 0 Å². The minimum Gasteiger partial charge on any atom is -0.480 e. The number of methoxy groups -OCH3 is 1. The summed E-state index contributed by atoms with van der Waals surface area (Å²) in [4.78, 5) is 9.01. The van der Waals surface area contributed by atoms with Crippen LogP contribution >= 0.6 is 22.7 Å². The van der Waals surface area contributed by atoms with Crippen LogP contribution < -0.4 is 15.0 Å². The van der Waals surface area contributed by atoms with E-state index in [2.05, 4.69) is 27.8 Å². The normalized spacial score (nSPS) is 10.7. The monoisotopic (exact) mass is 297 g/mol. The topological polar surface area (TPSA) is 37.4 Å². The van der Waals surface area contributed by atoms with Gasteiger partial charge in [0.15, 0.2) is 5.13 Å². The summed E-state index contributed by atoms with van der Waals surface area (Å²) in [6.07, 6.45) is 1.07. The number of rotatable bonds is 7. The second-order valence-corrected chi connectivity index (χ2v) is 6.42. The van der Waals surface area contributed by atoms with Gasteiger partial charge < -0.3 is 15.0 Å². The summed E-state index contributed by atoms with van der Waals surface area (Å²) in [5.41, 5.74) is 0. The zero-order valence-electron chi connectivity index (χ0n) is 11.5. The van der Waals surface area contributed by atoms with Crippen LogP contribution in [0.1, 0.15) is 9.75 Å². The summed E-state index contributed by atoms with van der Waals surface area (Å²) in [6.45, 7) is 1.78. The highest BCUT2D eigenvalue weighted by atomic mass is 32.1. The van der Waals surface area contributed by atoms with Crippen molar-refractivity contribution in [2.24, 2.45) is 0 Å². The lowest BCUT2D eigenvalue weighted by Crippen LogP contribution is -2.16. The quantitative estimate of drug-likeness (QED) is 0.797. The average molecular weight is 297 g/mol.